The summed E-state index contributed by atoms with van der Waals surface area (Å²) in [7, 11) is 0. The number of hydrogen-bond donors (Lipinski definition) is 2. The highest BCUT2D eigenvalue weighted by molar-refractivity contribution is 6.35. The molecule has 0 saturated heterocycles. The van der Waals surface area contributed by atoms with Gasteiger partial charge in [-0.25, -0.2) is 0 Å². The molecule has 0 spiro atoms. The van der Waals surface area contributed by atoms with E-state index in [9.17, 15) is 9.59 Å². The summed E-state index contributed by atoms with van der Waals surface area (Å²) < 4.78 is 0. The van der Waals surface area contributed by atoms with E-state index in [1.807, 2.05) is 0 Å². The SMILES string of the molecule is NC(=O)C(=O)CCO. The Morgan fingerprint density at radius 1 is 1.50 bits per heavy atom. The second-order valence-electron chi connectivity index (χ2n) is 1.26. The number of aliphatic hydroxyl groups is 1. The largest absolute Gasteiger partial charge is 0.396 e. The van der Waals surface area contributed by atoms with Gasteiger partial charge in [-0.15, -0.1) is 0 Å². The first-order chi connectivity index (χ1) is 3.68. The smallest absolute Gasteiger partial charge is 0.284 e. The van der Waals surface area contributed by atoms with Crippen LogP contribution in [0.5, 0.6) is 0 Å². The summed E-state index contributed by atoms with van der Waals surface area (Å²) in [6.07, 6.45) is -0.171. The number of primary amides is 1. The number of amides is 1. The summed E-state index contributed by atoms with van der Waals surface area (Å²) in [5, 5.41) is 8.06. The van der Waals surface area contributed by atoms with Crippen LogP contribution in [0.25, 0.3) is 0 Å². The van der Waals surface area contributed by atoms with Crippen molar-refractivity contribution in [2.75, 3.05) is 6.61 Å². The van der Waals surface area contributed by atoms with Crippen LogP contribution in [0.2, 0.25) is 0 Å². The van der Waals surface area contributed by atoms with Crippen LogP contribution in [-0.4, -0.2) is 23.4 Å². The minimum atomic E-state index is -0.987. The van der Waals surface area contributed by atoms with Gasteiger partial charge in [0, 0.05) is 6.42 Å². The molecule has 0 unspecified atom stereocenters. The summed E-state index contributed by atoms with van der Waals surface area (Å²) in [5.41, 5.74) is 4.52. The Hall–Kier alpha value is -0.900. The monoisotopic (exact) mass is 117 g/mol. The second kappa shape index (κ2) is 3.15. The molecule has 0 aliphatic rings. The fraction of sp³-hybridized carbons (Fsp3) is 0.500. The summed E-state index contributed by atoms with van der Waals surface area (Å²) >= 11 is 0. The lowest BCUT2D eigenvalue weighted by molar-refractivity contribution is -0.136. The molecule has 0 rings (SSSR count). The summed E-state index contributed by atoms with van der Waals surface area (Å²) in [6.45, 7) is -0.318. The number of carbonyl (C=O) groups is 2. The molecule has 0 aromatic rings. The molecule has 0 fully saturated rings. The van der Waals surface area contributed by atoms with Crippen molar-refractivity contribution in [3.63, 3.8) is 0 Å². The van der Waals surface area contributed by atoms with Crippen LogP contribution in [-0.2, 0) is 9.59 Å². The molecule has 8 heavy (non-hydrogen) atoms. The van der Waals surface area contributed by atoms with E-state index < -0.39 is 11.7 Å². The maximum atomic E-state index is 10.1. The number of rotatable bonds is 3. The zero-order valence-corrected chi connectivity index (χ0v) is 4.26. The van der Waals surface area contributed by atoms with Crippen LogP contribution in [0.1, 0.15) is 6.42 Å². The highest BCUT2D eigenvalue weighted by atomic mass is 16.3. The number of Topliss-reactive ketones (excluding diaryl/α,β-unsaturated/α-hetero) is 1. The average Bonchev–Trinajstić information content (AvgIpc) is 1.67. The van der Waals surface area contributed by atoms with Gasteiger partial charge in [0.05, 0.1) is 6.61 Å². The molecule has 0 radical (unpaired) electrons. The minimum absolute atomic E-state index is 0.171. The summed E-state index contributed by atoms with van der Waals surface area (Å²) in [6, 6.07) is 0. The molecule has 1 amide bonds. The number of nitrogens with two attached hydrogens (primary N) is 1. The molecule has 0 saturated carbocycles. The quantitative estimate of drug-likeness (QED) is 0.438. The Balaban J connectivity index is 3.49. The van der Waals surface area contributed by atoms with Gasteiger partial charge in [-0.2, -0.15) is 0 Å². The maximum Gasteiger partial charge on any atom is 0.284 e. The standard InChI is InChI=1S/C4H7NO3/c5-4(8)3(7)1-2-6/h6H,1-2H2,(H2,5,8). The van der Waals surface area contributed by atoms with Crippen molar-refractivity contribution in [2.24, 2.45) is 5.73 Å². The van der Waals surface area contributed by atoms with E-state index in [4.69, 9.17) is 5.11 Å². The minimum Gasteiger partial charge on any atom is -0.396 e. The van der Waals surface area contributed by atoms with E-state index in [1.165, 1.54) is 0 Å². The lowest BCUT2D eigenvalue weighted by atomic mass is 10.3. The van der Waals surface area contributed by atoms with Gasteiger partial charge in [0.1, 0.15) is 0 Å². The predicted molar refractivity (Wildman–Crippen MR) is 25.9 cm³/mol. The Morgan fingerprint density at radius 2 is 2.00 bits per heavy atom. The van der Waals surface area contributed by atoms with E-state index in [2.05, 4.69) is 5.73 Å². The van der Waals surface area contributed by atoms with E-state index in [1.54, 1.807) is 0 Å². The molecular weight excluding hydrogens is 110 g/mol. The molecule has 4 heteroatoms. The highest BCUT2D eigenvalue weighted by Crippen LogP contribution is 1.76. The van der Waals surface area contributed by atoms with E-state index in [-0.39, 0.29) is 13.0 Å². The van der Waals surface area contributed by atoms with Crippen LogP contribution in [0.4, 0.5) is 0 Å². The fourth-order valence-electron chi connectivity index (χ4n) is 0.225. The number of hydrogen-bond acceptors (Lipinski definition) is 3. The van der Waals surface area contributed by atoms with Gasteiger partial charge in [0.2, 0.25) is 5.78 Å². The number of ketones is 1. The van der Waals surface area contributed by atoms with Crippen molar-refractivity contribution in [2.45, 2.75) is 6.42 Å². The van der Waals surface area contributed by atoms with Crippen LogP contribution < -0.4 is 5.73 Å². The topological polar surface area (TPSA) is 80.4 Å². The average molecular weight is 117 g/mol. The number of aliphatic hydroxyl groups excluding tert-OH is 1. The van der Waals surface area contributed by atoms with Crippen molar-refractivity contribution in [3.8, 4) is 0 Å². The van der Waals surface area contributed by atoms with Crippen molar-refractivity contribution < 1.29 is 14.7 Å². The normalized spacial score (nSPS) is 8.62. The van der Waals surface area contributed by atoms with Gasteiger partial charge in [-0.3, -0.25) is 9.59 Å². The molecule has 46 valence electrons. The van der Waals surface area contributed by atoms with Crippen LogP contribution in [0.15, 0.2) is 0 Å². The van der Waals surface area contributed by atoms with Crippen molar-refractivity contribution in [1.29, 1.82) is 0 Å². The molecule has 0 aliphatic carbocycles. The van der Waals surface area contributed by atoms with Crippen LogP contribution in [0.3, 0.4) is 0 Å². The van der Waals surface area contributed by atoms with E-state index >= 15 is 0 Å². The third-order valence-corrected chi connectivity index (χ3v) is 0.614. The molecule has 3 N–H and O–H groups in total. The zero-order valence-electron chi connectivity index (χ0n) is 4.26. The third kappa shape index (κ3) is 2.30. The van der Waals surface area contributed by atoms with Gasteiger partial charge in [-0.05, 0) is 0 Å². The Morgan fingerprint density at radius 3 is 2.12 bits per heavy atom. The van der Waals surface area contributed by atoms with Crippen molar-refractivity contribution in [3.05, 3.63) is 0 Å². The maximum absolute atomic E-state index is 10.1. The van der Waals surface area contributed by atoms with Crippen molar-refractivity contribution >= 4 is 11.7 Å². The lowest BCUT2D eigenvalue weighted by Crippen LogP contribution is -2.23. The highest BCUT2D eigenvalue weighted by Gasteiger charge is 2.05. The molecule has 0 aromatic carbocycles. The third-order valence-electron chi connectivity index (χ3n) is 0.614. The Labute approximate surface area is 46.3 Å². The van der Waals surface area contributed by atoms with Crippen LogP contribution in [0, 0.1) is 0 Å². The van der Waals surface area contributed by atoms with Crippen LogP contribution >= 0.6 is 0 Å². The van der Waals surface area contributed by atoms with E-state index in [0.29, 0.717) is 0 Å². The number of carbonyl (C=O) groups excluding carboxylic acids is 2. The lowest BCUT2D eigenvalue weighted by Gasteiger charge is -1.86. The molecule has 0 bridgehead atoms. The first-order valence-electron chi connectivity index (χ1n) is 2.12. The second-order valence-corrected chi connectivity index (χ2v) is 1.26. The molecule has 0 atom stereocenters. The molecule has 0 aliphatic heterocycles. The predicted octanol–water partition coefficient (Wildman–Crippen LogP) is -1.58. The van der Waals surface area contributed by atoms with Gasteiger partial charge < -0.3 is 10.8 Å². The fourth-order valence-corrected chi connectivity index (χ4v) is 0.225. The Bertz CT molecular complexity index is 110. The van der Waals surface area contributed by atoms with Gasteiger partial charge in [0.15, 0.2) is 0 Å². The van der Waals surface area contributed by atoms with E-state index in [0.717, 1.165) is 0 Å². The first-order valence-corrected chi connectivity index (χ1v) is 2.12. The van der Waals surface area contributed by atoms with Gasteiger partial charge >= 0.3 is 0 Å². The zero-order chi connectivity index (χ0) is 6.57. The summed E-state index contributed by atoms with van der Waals surface area (Å²) in [4.78, 5) is 20.0. The molecule has 0 heterocycles. The molecule has 4 nitrogen and oxygen atoms in total. The molecule has 0 aromatic heterocycles. The van der Waals surface area contributed by atoms with Crippen molar-refractivity contribution in [1.82, 2.24) is 0 Å². The Kier molecular flexibility index (Phi) is 2.79. The van der Waals surface area contributed by atoms with Gasteiger partial charge in [-0.1, -0.05) is 0 Å². The van der Waals surface area contributed by atoms with Gasteiger partial charge in [0.25, 0.3) is 5.91 Å². The summed E-state index contributed by atoms with van der Waals surface area (Å²) in [5.74, 6) is -1.72. The first kappa shape index (κ1) is 7.10. The molecular formula is C4H7NO3.